The molecule has 0 aliphatic heterocycles. The Balaban J connectivity index is 2.90. The van der Waals surface area contributed by atoms with Crippen molar-refractivity contribution in [2.75, 3.05) is 19.7 Å². The molecular formula is C12H21N3O. The first-order valence-electron chi connectivity index (χ1n) is 5.71. The molecule has 0 amide bonds. The van der Waals surface area contributed by atoms with Gasteiger partial charge in [-0.25, -0.2) is 0 Å². The van der Waals surface area contributed by atoms with Gasteiger partial charge in [0.15, 0.2) is 0 Å². The number of aliphatic hydroxyl groups excluding tert-OH is 1. The van der Waals surface area contributed by atoms with Gasteiger partial charge in [-0.1, -0.05) is 13.0 Å². The highest BCUT2D eigenvalue weighted by molar-refractivity contribution is 5.16. The molecule has 1 aromatic rings. The molecule has 0 spiro atoms. The molecule has 16 heavy (non-hydrogen) atoms. The lowest BCUT2D eigenvalue weighted by Gasteiger charge is -2.33. The zero-order chi connectivity index (χ0) is 12.0. The molecule has 0 aromatic carbocycles. The Morgan fingerprint density at radius 1 is 1.56 bits per heavy atom. The van der Waals surface area contributed by atoms with E-state index in [-0.39, 0.29) is 18.7 Å². The van der Waals surface area contributed by atoms with Crippen LogP contribution in [-0.4, -0.2) is 40.7 Å². The SMILES string of the molecule is CCN(CCO)C(c1cccnc1)C(C)N. The van der Waals surface area contributed by atoms with E-state index in [9.17, 15) is 0 Å². The van der Waals surface area contributed by atoms with Gasteiger partial charge >= 0.3 is 0 Å². The summed E-state index contributed by atoms with van der Waals surface area (Å²) in [5.74, 6) is 0. The minimum Gasteiger partial charge on any atom is -0.395 e. The molecule has 3 N–H and O–H groups in total. The summed E-state index contributed by atoms with van der Waals surface area (Å²) in [5, 5.41) is 9.05. The van der Waals surface area contributed by atoms with E-state index in [1.807, 2.05) is 25.3 Å². The number of hydrogen-bond acceptors (Lipinski definition) is 4. The fraction of sp³-hybridized carbons (Fsp3) is 0.583. The molecule has 2 unspecified atom stereocenters. The summed E-state index contributed by atoms with van der Waals surface area (Å²) in [6, 6.07) is 4.07. The van der Waals surface area contributed by atoms with Crippen molar-refractivity contribution < 1.29 is 5.11 Å². The van der Waals surface area contributed by atoms with Crippen LogP contribution in [0.15, 0.2) is 24.5 Å². The van der Waals surface area contributed by atoms with Crippen molar-refractivity contribution in [2.24, 2.45) is 5.73 Å². The number of likely N-dealkylation sites (N-methyl/N-ethyl adjacent to an activating group) is 1. The second kappa shape index (κ2) is 6.58. The first-order valence-corrected chi connectivity index (χ1v) is 5.71. The summed E-state index contributed by atoms with van der Waals surface area (Å²) in [5.41, 5.74) is 7.13. The molecule has 0 aliphatic rings. The molecule has 0 bridgehead atoms. The van der Waals surface area contributed by atoms with Crippen molar-refractivity contribution >= 4 is 0 Å². The summed E-state index contributed by atoms with van der Waals surface area (Å²) < 4.78 is 0. The maximum absolute atomic E-state index is 9.05. The number of nitrogens with two attached hydrogens (primary N) is 1. The van der Waals surface area contributed by atoms with Gasteiger partial charge in [0.05, 0.1) is 12.6 Å². The average molecular weight is 223 g/mol. The first kappa shape index (κ1) is 13.1. The number of aromatic nitrogens is 1. The zero-order valence-corrected chi connectivity index (χ0v) is 10.0. The molecule has 0 radical (unpaired) electrons. The molecule has 4 nitrogen and oxygen atoms in total. The Bertz CT molecular complexity index is 290. The predicted molar refractivity (Wildman–Crippen MR) is 65.0 cm³/mol. The normalized spacial score (nSPS) is 15.1. The van der Waals surface area contributed by atoms with Crippen LogP contribution in [0.4, 0.5) is 0 Å². The number of rotatable bonds is 6. The molecule has 90 valence electrons. The van der Waals surface area contributed by atoms with Crippen molar-refractivity contribution in [2.45, 2.75) is 25.9 Å². The summed E-state index contributed by atoms with van der Waals surface area (Å²) in [7, 11) is 0. The van der Waals surface area contributed by atoms with E-state index in [0.29, 0.717) is 6.54 Å². The highest BCUT2D eigenvalue weighted by Gasteiger charge is 2.22. The van der Waals surface area contributed by atoms with E-state index in [2.05, 4.69) is 16.8 Å². The summed E-state index contributed by atoms with van der Waals surface area (Å²) in [4.78, 5) is 6.29. The third kappa shape index (κ3) is 3.27. The minimum atomic E-state index is 0.00991. The molecule has 1 rings (SSSR count). The Kier molecular flexibility index (Phi) is 5.38. The molecule has 1 heterocycles. The maximum Gasteiger partial charge on any atom is 0.0558 e. The fourth-order valence-electron chi connectivity index (χ4n) is 2.02. The van der Waals surface area contributed by atoms with Crippen molar-refractivity contribution in [1.29, 1.82) is 0 Å². The van der Waals surface area contributed by atoms with Gasteiger partial charge < -0.3 is 10.8 Å². The van der Waals surface area contributed by atoms with Gasteiger partial charge in [0.25, 0.3) is 0 Å². The quantitative estimate of drug-likeness (QED) is 0.748. The average Bonchev–Trinajstić information content (AvgIpc) is 2.29. The molecule has 0 aliphatic carbocycles. The van der Waals surface area contributed by atoms with Crippen molar-refractivity contribution in [1.82, 2.24) is 9.88 Å². The third-order valence-electron chi connectivity index (χ3n) is 2.71. The van der Waals surface area contributed by atoms with Gasteiger partial charge in [-0.3, -0.25) is 9.88 Å². The van der Waals surface area contributed by atoms with Crippen LogP contribution in [0.5, 0.6) is 0 Å². The van der Waals surface area contributed by atoms with Crippen LogP contribution in [0, 0.1) is 0 Å². The van der Waals surface area contributed by atoms with Crippen LogP contribution in [-0.2, 0) is 0 Å². The van der Waals surface area contributed by atoms with E-state index in [1.54, 1.807) is 6.20 Å². The van der Waals surface area contributed by atoms with Gasteiger partial charge in [-0.2, -0.15) is 0 Å². The van der Waals surface area contributed by atoms with Crippen molar-refractivity contribution in [3.63, 3.8) is 0 Å². The molecule has 0 saturated heterocycles. The highest BCUT2D eigenvalue weighted by Crippen LogP contribution is 2.22. The lowest BCUT2D eigenvalue weighted by atomic mass is 10.0. The molecular weight excluding hydrogens is 202 g/mol. The van der Waals surface area contributed by atoms with Crippen LogP contribution < -0.4 is 5.73 Å². The Hall–Kier alpha value is -0.970. The standard InChI is InChI=1S/C12H21N3O/c1-3-15(7-8-16)12(10(2)13)11-5-4-6-14-9-11/h4-6,9-10,12,16H,3,7-8,13H2,1-2H3. The largest absolute Gasteiger partial charge is 0.395 e. The van der Waals surface area contributed by atoms with E-state index >= 15 is 0 Å². The Morgan fingerprint density at radius 3 is 2.75 bits per heavy atom. The van der Waals surface area contributed by atoms with Crippen LogP contribution in [0.3, 0.4) is 0 Å². The van der Waals surface area contributed by atoms with Gasteiger partial charge in [0, 0.05) is 25.0 Å². The molecule has 1 aromatic heterocycles. The first-order chi connectivity index (χ1) is 7.70. The lowest BCUT2D eigenvalue weighted by molar-refractivity contribution is 0.143. The maximum atomic E-state index is 9.05. The van der Waals surface area contributed by atoms with Gasteiger partial charge in [0.1, 0.15) is 0 Å². The van der Waals surface area contributed by atoms with Gasteiger partial charge in [0.2, 0.25) is 0 Å². The summed E-state index contributed by atoms with van der Waals surface area (Å²) in [6.45, 7) is 5.70. The number of nitrogens with zero attached hydrogens (tertiary/aromatic N) is 2. The minimum absolute atomic E-state index is 0.00991. The van der Waals surface area contributed by atoms with Crippen LogP contribution in [0.1, 0.15) is 25.5 Å². The van der Waals surface area contributed by atoms with Crippen LogP contribution in [0.2, 0.25) is 0 Å². The zero-order valence-electron chi connectivity index (χ0n) is 10.0. The number of aliphatic hydroxyl groups is 1. The van der Waals surface area contributed by atoms with E-state index in [0.717, 1.165) is 12.1 Å². The molecule has 4 heteroatoms. The van der Waals surface area contributed by atoms with Crippen LogP contribution >= 0.6 is 0 Å². The fourth-order valence-corrected chi connectivity index (χ4v) is 2.02. The second-order valence-corrected chi connectivity index (χ2v) is 3.94. The van der Waals surface area contributed by atoms with E-state index in [1.165, 1.54) is 0 Å². The smallest absolute Gasteiger partial charge is 0.0558 e. The van der Waals surface area contributed by atoms with Crippen molar-refractivity contribution in [3.05, 3.63) is 30.1 Å². The molecule has 2 atom stereocenters. The number of pyridine rings is 1. The summed E-state index contributed by atoms with van der Waals surface area (Å²) >= 11 is 0. The van der Waals surface area contributed by atoms with Gasteiger partial charge in [-0.05, 0) is 25.1 Å². The van der Waals surface area contributed by atoms with Gasteiger partial charge in [-0.15, -0.1) is 0 Å². The third-order valence-corrected chi connectivity index (χ3v) is 2.71. The lowest BCUT2D eigenvalue weighted by Crippen LogP contribution is -2.40. The Morgan fingerprint density at radius 2 is 2.31 bits per heavy atom. The topological polar surface area (TPSA) is 62.4 Å². The Labute approximate surface area is 97.1 Å². The summed E-state index contributed by atoms with van der Waals surface area (Å²) in [6.07, 6.45) is 3.60. The molecule has 0 saturated carbocycles. The van der Waals surface area contributed by atoms with Crippen LogP contribution in [0.25, 0.3) is 0 Å². The van der Waals surface area contributed by atoms with E-state index in [4.69, 9.17) is 10.8 Å². The highest BCUT2D eigenvalue weighted by atomic mass is 16.3. The van der Waals surface area contributed by atoms with E-state index < -0.39 is 0 Å². The number of hydrogen-bond donors (Lipinski definition) is 2. The molecule has 0 fully saturated rings. The predicted octanol–water partition coefficient (Wildman–Crippen LogP) is 0.784. The second-order valence-electron chi connectivity index (χ2n) is 3.94. The monoisotopic (exact) mass is 223 g/mol. The van der Waals surface area contributed by atoms with Crippen molar-refractivity contribution in [3.8, 4) is 0 Å².